The van der Waals surface area contributed by atoms with E-state index in [1.54, 1.807) is 128 Å². The van der Waals surface area contributed by atoms with Gasteiger partial charge in [0.2, 0.25) is 0 Å². The number of nitrogens with one attached hydrogen (secondary N) is 4. The molecule has 0 aliphatic heterocycles. The Kier molecular flexibility index (Phi) is 35.6. The molecule has 0 atom stereocenters. The summed E-state index contributed by atoms with van der Waals surface area (Å²) in [6, 6.07) is 55.7. The van der Waals surface area contributed by atoms with E-state index in [4.69, 9.17) is 0 Å². The molecular formula is C100H113F3N20O12. The van der Waals surface area contributed by atoms with E-state index in [9.17, 15) is 72.0 Å². The number of aliphatic carboxylic acids is 4. The van der Waals surface area contributed by atoms with Gasteiger partial charge in [-0.25, -0.2) is 39.9 Å². The van der Waals surface area contributed by atoms with Gasteiger partial charge in [-0.3, -0.25) is 38.4 Å². The molecule has 135 heavy (non-hydrogen) atoms. The van der Waals surface area contributed by atoms with Crippen molar-refractivity contribution in [1.29, 1.82) is 0 Å². The van der Waals surface area contributed by atoms with Gasteiger partial charge in [-0.2, -0.15) is 13.2 Å². The highest BCUT2D eigenvalue weighted by atomic mass is 19.4. The summed E-state index contributed by atoms with van der Waals surface area (Å²) in [4.78, 5) is 147. The average Bonchev–Trinajstić information content (AvgIpc) is 0.812. The summed E-state index contributed by atoms with van der Waals surface area (Å²) in [5.41, 5.74) is 13.0. The summed E-state index contributed by atoms with van der Waals surface area (Å²) in [6.07, 6.45) is -3.36. The minimum absolute atomic E-state index is 0.106. The second-order valence-electron chi connectivity index (χ2n) is 33.5. The third-order valence-corrected chi connectivity index (χ3v) is 20.5. The average molecular weight is 1860 g/mol. The quantitative estimate of drug-likeness (QED) is 0.0182. The first kappa shape index (κ1) is 103. The molecule has 0 radical (unpaired) electrons. The van der Waals surface area contributed by atoms with Crippen LogP contribution in [0.15, 0.2) is 194 Å². The van der Waals surface area contributed by atoms with Crippen LogP contribution in [0.25, 0.3) is 0 Å². The van der Waals surface area contributed by atoms with E-state index in [1.807, 2.05) is 215 Å². The molecule has 0 fully saturated rings. The lowest BCUT2D eigenvalue weighted by Crippen LogP contribution is -2.22. The molecule has 4 aromatic heterocycles. The molecule has 0 bridgehead atoms. The maximum absolute atomic E-state index is 12.7. The van der Waals surface area contributed by atoms with E-state index in [0.717, 1.165) is 63.2 Å². The number of anilines is 12. The number of carbonyl (C=O) groups excluding carboxylic acids is 4. The predicted octanol–water partition coefficient (Wildman–Crippen LogP) is 14.3. The van der Waals surface area contributed by atoms with Gasteiger partial charge < -0.3 is 80.9 Å². The number of halogens is 3. The standard InChI is InChI=1S/C25H26F3N5O3.3C25H29N5O3/c1-32(2)22-19(14-21(34)35)23(33(3)4)31-20(30-22)13-15-5-11-18(12-6-15)29-24(36)16-7-9-17(10-8-16)25(26,27)28;3*1-16-6-10-18(11-7-16)25(33)26-19-12-8-17(9-13-19)14-21-27-23(29(2)3)20(15-22(31)32)24(28-21)30(4)5/h5-12H,13-14H2,1-4H3,(H,29,36)(H,34,35);3*6-13H,14-15H2,1-5H3,(H,26,33)(H,31,32)/i21+1,24+1;2+1,3+1,4+1,5+1,22+1,25+1;2+1,4+1;2+1,3+1. The fourth-order valence-electron chi connectivity index (χ4n) is 13.8. The number of amides is 4. The zero-order chi connectivity index (χ0) is 99.0. The monoisotopic (exact) mass is 1850 g/mol. The summed E-state index contributed by atoms with van der Waals surface area (Å²) < 4.78 is 38.1. The lowest BCUT2D eigenvalue weighted by atomic mass is 10.1. The Bertz CT molecular complexity index is 5610. The van der Waals surface area contributed by atoms with Crippen molar-refractivity contribution in [3.8, 4) is 0 Å². The summed E-state index contributed by atoms with van der Waals surface area (Å²) >= 11 is 0. The van der Waals surface area contributed by atoms with Gasteiger partial charge in [0, 0.05) is 206 Å². The van der Waals surface area contributed by atoms with Crippen molar-refractivity contribution in [3.05, 3.63) is 306 Å². The summed E-state index contributed by atoms with van der Waals surface area (Å²) in [5, 5.41) is 48.7. The smallest absolute Gasteiger partial charge is 0.416 e. The Morgan fingerprint density at radius 3 is 0.548 bits per heavy atom. The molecule has 8 N–H and O–H groups in total. The molecular weight excluding hydrogens is 1740 g/mol. The molecule has 4 amide bonds. The van der Waals surface area contributed by atoms with Gasteiger partial charge in [-0.15, -0.1) is 0 Å². The van der Waals surface area contributed by atoms with Gasteiger partial charge in [0.05, 0.1) is 31.2 Å². The Morgan fingerprint density at radius 1 is 0.252 bits per heavy atom. The van der Waals surface area contributed by atoms with E-state index in [2.05, 4.69) is 61.1 Å². The SMILES string of the molecule is CN(C)c1nc(Cc2ccc(N[13C](=O)c3ccc(C(F)(F)F)cc3)cc2)nc(N(C)C)c1C[13C](=O)O.Cc1ccc(C(=O)Nc2ccc(Cc3nc(N(C)C)c(CC(=O)O)c(N([13CH3])[13CH3])n3)cc2)cc1.Cc1ccc(C(=O)Nc2ccc(Cc3nc(N(C)[13CH3])c(CC(=O)O)c(N(C)[13CH3])n3)cc2)cc1.Cc1ccc([13C](=O)Nc2ccc(Cc3nc(N([13CH3])[13CH3])c(C[13C](=O)O)c(N([13CH3])[13CH3])n3)cc2)cc1. The number of aryl methyl sites for hydroxylation is 3. The molecule has 0 saturated heterocycles. The number of benzene rings is 8. The number of rotatable bonds is 32. The van der Waals surface area contributed by atoms with Crippen molar-refractivity contribution in [2.24, 2.45) is 0 Å². The number of carbonyl (C=O) groups is 8. The van der Waals surface area contributed by atoms with Crippen molar-refractivity contribution in [1.82, 2.24) is 39.9 Å². The molecule has 12 aromatic rings. The lowest BCUT2D eigenvalue weighted by molar-refractivity contribution is -0.138. The van der Waals surface area contributed by atoms with Gasteiger partial charge in [0.1, 0.15) is 69.8 Å². The number of alkyl halides is 3. The Hall–Kier alpha value is -16.0. The molecule has 8 aromatic carbocycles. The summed E-state index contributed by atoms with van der Waals surface area (Å²) in [6.45, 7) is 5.94. The fourth-order valence-corrected chi connectivity index (χ4v) is 13.8. The third kappa shape index (κ3) is 30.0. The van der Waals surface area contributed by atoms with Crippen LogP contribution in [0.3, 0.4) is 0 Å². The van der Waals surface area contributed by atoms with Gasteiger partial charge >= 0.3 is 30.1 Å². The topological polar surface area (TPSA) is 395 Å². The second-order valence-corrected chi connectivity index (χ2v) is 33.5. The number of hydrogen-bond acceptors (Lipinski definition) is 24. The predicted molar refractivity (Wildman–Crippen MR) is 522 cm³/mol. The van der Waals surface area contributed by atoms with Crippen LogP contribution in [0.1, 0.15) is 131 Å². The molecule has 0 aliphatic rings. The maximum Gasteiger partial charge on any atom is 0.416 e. The zero-order valence-corrected chi connectivity index (χ0v) is 79.0. The summed E-state index contributed by atoms with van der Waals surface area (Å²) in [7, 11) is 29.2. The fraction of sp³-hybridized carbons (Fsp3) is 0.280. The zero-order valence-electron chi connectivity index (χ0n) is 79.0. The van der Waals surface area contributed by atoms with E-state index < -0.39 is 41.5 Å². The van der Waals surface area contributed by atoms with Crippen molar-refractivity contribution in [2.45, 2.75) is 78.3 Å². The van der Waals surface area contributed by atoms with Gasteiger partial charge in [0.25, 0.3) is 23.6 Å². The van der Waals surface area contributed by atoms with Crippen molar-refractivity contribution >= 4 is 117 Å². The molecule has 0 aliphatic carbocycles. The van der Waals surface area contributed by atoms with Gasteiger partial charge in [-0.05, 0) is 152 Å². The minimum atomic E-state index is -4.47. The van der Waals surface area contributed by atoms with Crippen molar-refractivity contribution in [3.63, 3.8) is 0 Å². The van der Waals surface area contributed by atoms with E-state index in [0.29, 0.717) is 157 Å². The van der Waals surface area contributed by atoms with Crippen LogP contribution in [0, 0.1) is 20.8 Å². The Morgan fingerprint density at radius 2 is 0.407 bits per heavy atom. The highest BCUT2D eigenvalue weighted by molar-refractivity contribution is 6.06. The number of nitrogens with zero attached hydrogens (tertiary/aromatic N) is 16. The second kappa shape index (κ2) is 46.7. The van der Waals surface area contributed by atoms with E-state index in [-0.39, 0.29) is 49.0 Å². The van der Waals surface area contributed by atoms with Crippen molar-refractivity contribution in [2.75, 3.05) is 173 Å². The van der Waals surface area contributed by atoms with Crippen molar-refractivity contribution < 1.29 is 72.0 Å². The van der Waals surface area contributed by atoms with E-state index >= 15 is 0 Å². The molecule has 706 valence electrons. The maximum atomic E-state index is 12.7. The largest absolute Gasteiger partial charge is 0.481 e. The van der Waals surface area contributed by atoms with Crippen LogP contribution in [0.2, 0.25) is 0 Å². The highest BCUT2D eigenvalue weighted by Crippen LogP contribution is 2.34. The van der Waals surface area contributed by atoms with Crippen LogP contribution >= 0.6 is 0 Å². The van der Waals surface area contributed by atoms with Crippen LogP contribution in [-0.2, 0) is 76.7 Å². The number of hydrogen-bond donors (Lipinski definition) is 8. The highest BCUT2D eigenvalue weighted by Gasteiger charge is 2.31. The first-order valence-corrected chi connectivity index (χ1v) is 42.6. The van der Waals surface area contributed by atoms with E-state index in [1.165, 1.54) is 0 Å². The number of carboxylic acids is 4. The van der Waals surface area contributed by atoms with Crippen LogP contribution in [0.4, 0.5) is 82.5 Å². The molecule has 0 spiro atoms. The Balaban J connectivity index is 0.000000202. The number of aromatic nitrogens is 8. The van der Waals surface area contributed by atoms with Crippen LogP contribution in [-0.4, -0.2) is 221 Å². The van der Waals surface area contributed by atoms with Gasteiger partial charge in [-0.1, -0.05) is 102 Å². The summed E-state index contributed by atoms with van der Waals surface area (Å²) in [5.74, 6) is 2.08. The molecule has 4 heterocycles. The first-order valence-electron chi connectivity index (χ1n) is 42.6. The van der Waals surface area contributed by atoms with Crippen LogP contribution in [0.5, 0.6) is 0 Å². The first-order chi connectivity index (χ1) is 63.7. The van der Waals surface area contributed by atoms with Gasteiger partial charge in [0.15, 0.2) is 0 Å². The third-order valence-electron chi connectivity index (χ3n) is 20.5. The molecule has 12 rings (SSSR count). The molecule has 32 nitrogen and oxygen atoms in total. The van der Waals surface area contributed by atoms with Crippen LogP contribution < -0.4 is 60.5 Å². The minimum Gasteiger partial charge on any atom is -0.481 e. The normalized spacial score (nSPS) is 10.7. The lowest BCUT2D eigenvalue weighted by Gasteiger charge is -2.22. The molecule has 0 saturated carbocycles. The Labute approximate surface area is 782 Å². The molecule has 35 heteroatoms. The number of carboxylic acid groups (broad SMARTS) is 4. The molecule has 0 unspecified atom stereocenters.